The van der Waals surface area contributed by atoms with Crippen LogP contribution in [0.25, 0.3) is 0 Å². The molecular weight excluding hydrogens is 279 g/mol. The van der Waals surface area contributed by atoms with E-state index in [1.807, 2.05) is 0 Å². The molecule has 0 unspecified atom stereocenters. The van der Waals surface area contributed by atoms with Gasteiger partial charge in [-0.2, -0.15) is 13.2 Å². The molecule has 2 rings (SSSR count). The summed E-state index contributed by atoms with van der Waals surface area (Å²) in [7, 11) is 1.16. The molecule has 108 valence electrons. The van der Waals surface area contributed by atoms with Crippen LogP contribution in [0.2, 0.25) is 0 Å². The van der Waals surface area contributed by atoms with Crippen LogP contribution in [-0.2, 0) is 15.2 Å². The number of nitrogen functional groups attached to an aromatic ring is 1. The van der Waals surface area contributed by atoms with Crippen LogP contribution in [0.15, 0.2) is 28.4 Å². The van der Waals surface area contributed by atoms with E-state index in [0.29, 0.717) is 0 Å². The van der Waals surface area contributed by atoms with E-state index in [9.17, 15) is 18.0 Å². The third-order valence-corrected chi connectivity index (χ3v) is 2.68. The van der Waals surface area contributed by atoms with Gasteiger partial charge in [-0.3, -0.25) is 0 Å². The number of hydrogen-bond donors (Lipinski definition) is 1. The van der Waals surface area contributed by atoms with Crippen LogP contribution in [-0.4, -0.2) is 25.9 Å². The third kappa shape index (κ3) is 2.38. The zero-order valence-electron chi connectivity index (χ0n) is 10.3. The molecule has 1 aromatic carbocycles. The molecule has 0 saturated carbocycles. The Morgan fingerprint density at radius 2 is 2.05 bits per heavy atom. The monoisotopic (exact) mass is 289 g/mol. The smallest absolute Gasteiger partial charge is 0.442 e. The molecule has 0 aliphatic carbocycles. The Balaban J connectivity index is 2.24. The van der Waals surface area contributed by atoms with Crippen molar-refractivity contribution in [2.75, 3.05) is 19.5 Å². The van der Waals surface area contributed by atoms with E-state index in [2.05, 4.69) is 15.0 Å². The topological polar surface area (TPSA) is 86.3 Å². The van der Waals surface area contributed by atoms with Gasteiger partial charge < -0.3 is 15.2 Å². The Labute approximate surface area is 111 Å². The quantitative estimate of drug-likeness (QED) is 0.678. The second-order valence-corrected chi connectivity index (χ2v) is 3.99. The average Bonchev–Trinajstić information content (AvgIpc) is 3.18. The lowest BCUT2D eigenvalue weighted by molar-refractivity contribution is -0.166. The summed E-state index contributed by atoms with van der Waals surface area (Å²) in [6, 6.07) is 3.46. The molecule has 6 nitrogen and oxygen atoms in total. The second-order valence-electron chi connectivity index (χ2n) is 3.99. The van der Waals surface area contributed by atoms with Gasteiger partial charge in [0.2, 0.25) is 0 Å². The predicted octanol–water partition coefficient (Wildman–Crippen LogP) is 2.00. The number of carbonyl (C=O) groups is 1. The summed E-state index contributed by atoms with van der Waals surface area (Å²) >= 11 is 0. The minimum Gasteiger partial charge on any atom is -0.480 e. The normalized spacial score (nSPS) is 15.8. The summed E-state index contributed by atoms with van der Waals surface area (Å²) in [5, 5.41) is 6.14. The van der Waals surface area contributed by atoms with Gasteiger partial charge in [-0.15, -0.1) is 10.2 Å². The highest BCUT2D eigenvalue weighted by Crippen LogP contribution is 2.53. The number of carbonyl (C=O) groups excluding carboxylic acids is 1. The molecule has 1 aliphatic rings. The number of nitrogens with zero attached hydrogens (tertiary/aromatic N) is 2. The van der Waals surface area contributed by atoms with Crippen LogP contribution in [0.4, 0.5) is 18.9 Å². The Morgan fingerprint density at radius 3 is 2.55 bits per heavy atom. The van der Waals surface area contributed by atoms with Gasteiger partial charge in [0.25, 0.3) is 0 Å². The number of alkyl halides is 3. The van der Waals surface area contributed by atoms with Crippen LogP contribution in [0.1, 0.15) is 5.56 Å². The lowest BCUT2D eigenvalue weighted by Gasteiger charge is -2.16. The zero-order valence-corrected chi connectivity index (χ0v) is 10.3. The van der Waals surface area contributed by atoms with Gasteiger partial charge >= 0.3 is 17.8 Å². The molecule has 0 atom stereocenters. The number of methoxy groups -OCH3 is 1. The molecule has 20 heavy (non-hydrogen) atoms. The molecule has 1 aliphatic heterocycles. The van der Waals surface area contributed by atoms with Crippen molar-refractivity contribution in [3.8, 4) is 5.75 Å². The Kier molecular flexibility index (Phi) is 3.28. The number of esters is 1. The summed E-state index contributed by atoms with van der Waals surface area (Å²) in [5.41, 5.74) is 2.89. The second kappa shape index (κ2) is 4.66. The highest BCUT2D eigenvalue weighted by molar-refractivity contribution is 5.71. The van der Waals surface area contributed by atoms with E-state index in [1.165, 1.54) is 6.07 Å². The Hall–Kier alpha value is -2.32. The molecule has 1 heterocycles. The molecule has 0 spiro atoms. The van der Waals surface area contributed by atoms with Gasteiger partial charge in [0.1, 0.15) is 5.75 Å². The summed E-state index contributed by atoms with van der Waals surface area (Å²) in [6.45, 7) is -0.461. The molecule has 2 N–H and O–H groups in total. The van der Waals surface area contributed by atoms with Crippen molar-refractivity contribution in [3.63, 3.8) is 0 Å². The van der Waals surface area contributed by atoms with Crippen molar-refractivity contribution in [2.45, 2.75) is 11.8 Å². The fraction of sp³-hybridized carbons (Fsp3) is 0.364. The Bertz CT molecular complexity index is 566. The zero-order chi connectivity index (χ0) is 15.0. The van der Waals surface area contributed by atoms with E-state index in [0.717, 1.165) is 19.2 Å². The largest absolute Gasteiger partial charge is 0.480 e. The van der Waals surface area contributed by atoms with Crippen LogP contribution in [0, 0.1) is 0 Å². The molecular formula is C11H10F3N3O3. The van der Waals surface area contributed by atoms with Crippen molar-refractivity contribution < 1.29 is 27.4 Å². The van der Waals surface area contributed by atoms with Crippen molar-refractivity contribution in [2.24, 2.45) is 10.2 Å². The molecule has 0 saturated heterocycles. The van der Waals surface area contributed by atoms with Gasteiger partial charge in [-0.25, -0.2) is 4.79 Å². The first-order valence-electron chi connectivity index (χ1n) is 5.40. The van der Waals surface area contributed by atoms with E-state index >= 15 is 0 Å². The molecule has 0 aromatic heterocycles. The van der Waals surface area contributed by atoms with E-state index in [-0.39, 0.29) is 17.0 Å². The van der Waals surface area contributed by atoms with Gasteiger partial charge in [0.15, 0.2) is 6.61 Å². The fourth-order valence-electron chi connectivity index (χ4n) is 1.51. The lowest BCUT2D eigenvalue weighted by atomic mass is 10.0. The van der Waals surface area contributed by atoms with Crippen molar-refractivity contribution in [1.82, 2.24) is 0 Å². The van der Waals surface area contributed by atoms with Crippen LogP contribution >= 0.6 is 0 Å². The molecule has 0 amide bonds. The number of nitrogens with two attached hydrogens (primary N) is 1. The Morgan fingerprint density at radius 1 is 1.40 bits per heavy atom. The third-order valence-electron chi connectivity index (χ3n) is 2.68. The fourth-order valence-corrected chi connectivity index (χ4v) is 1.51. The number of hydrogen-bond acceptors (Lipinski definition) is 6. The van der Waals surface area contributed by atoms with E-state index in [1.54, 1.807) is 0 Å². The molecule has 1 aromatic rings. The summed E-state index contributed by atoms with van der Waals surface area (Å²) in [5.74, 6) is -0.741. The SMILES string of the molecule is COC(=O)COc1cc(C2(C(F)(F)F)N=N2)ccc1N. The number of halogens is 3. The minimum absolute atomic E-state index is 0.0613. The summed E-state index contributed by atoms with van der Waals surface area (Å²) in [4.78, 5) is 10.9. The maximum absolute atomic E-state index is 12.8. The lowest BCUT2D eigenvalue weighted by Crippen LogP contribution is -2.30. The first-order chi connectivity index (χ1) is 9.30. The molecule has 0 bridgehead atoms. The van der Waals surface area contributed by atoms with Gasteiger partial charge in [-0.05, 0) is 12.1 Å². The maximum Gasteiger partial charge on any atom is 0.442 e. The predicted molar refractivity (Wildman–Crippen MR) is 61.0 cm³/mol. The maximum atomic E-state index is 12.8. The number of rotatable bonds is 4. The van der Waals surface area contributed by atoms with E-state index < -0.39 is 24.4 Å². The summed E-state index contributed by atoms with van der Waals surface area (Å²) < 4.78 is 47.9. The minimum atomic E-state index is -4.64. The van der Waals surface area contributed by atoms with Gasteiger partial charge in [0, 0.05) is 5.56 Å². The van der Waals surface area contributed by atoms with E-state index in [4.69, 9.17) is 10.5 Å². The van der Waals surface area contributed by atoms with Crippen molar-refractivity contribution in [3.05, 3.63) is 23.8 Å². The standard InChI is InChI=1S/C11H10F3N3O3/c1-19-9(18)5-20-8-4-6(2-3-7(8)15)10(16-17-10)11(12,13)14/h2-4H,5,15H2,1H3. The number of anilines is 1. The van der Waals surface area contributed by atoms with Crippen molar-refractivity contribution >= 4 is 11.7 Å². The molecule has 9 heteroatoms. The molecule has 0 radical (unpaired) electrons. The highest BCUT2D eigenvalue weighted by Gasteiger charge is 2.65. The number of ether oxygens (including phenoxy) is 2. The highest BCUT2D eigenvalue weighted by atomic mass is 19.4. The van der Waals surface area contributed by atoms with Crippen LogP contribution in [0.5, 0.6) is 5.75 Å². The van der Waals surface area contributed by atoms with Crippen molar-refractivity contribution in [1.29, 1.82) is 0 Å². The van der Waals surface area contributed by atoms with Gasteiger partial charge in [0.05, 0.1) is 12.8 Å². The van der Waals surface area contributed by atoms with Crippen LogP contribution < -0.4 is 10.5 Å². The average molecular weight is 289 g/mol. The first kappa shape index (κ1) is 14.1. The first-order valence-corrected chi connectivity index (χ1v) is 5.40. The van der Waals surface area contributed by atoms with Crippen LogP contribution in [0.3, 0.4) is 0 Å². The summed E-state index contributed by atoms with van der Waals surface area (Å²) in [6.07, 6.45) is -4.64. The van der Waals surface area contributed by atoms with Gasteiger partial charge in [-0.1, -0.05) is 6.07 Å². The number of benzene rings is 1. The molecule has 0 fully saturated rings.